The molecule has 0 spiro atoms. The van der Waals surface area contributed by atoms with Gasteiger partial charge in [0.2, 0.25) is 0 Å². The number of nitrogens with zero attached hydrogens (tertiary/aromatic N) is 2. The van der Waals surface area contributed by atoms with Crippen molar-refractivity contribution in [2.75, 3.05) is 12.3 Å². The summed E-state index contributed by atoms with van der Waals surface area (Å²) < 4.78 is 43.3. The molecule has 3 aromatic rings. The Morgan fingerprint density at radius 3 is 2.59 bits per heavy atom. The van der Waals surface area contributed by atoms with Crippen LogP contribution in [0.15, 0.2) is 42.5 Å². The fourth-order valence-electron chi connectivity index (χ4n) is 3.55. The summed E-state index contributed by atoms with van der Waals surface area (Å²) in [6.07, 6.45) is 0.536. The summed E-state index contributed by atoms with van der Waals surface area (Å²) in [5.74, 6) is -1.64. The third-order valence-corrected chi connectivity index (χ3v) is 4.86. The Labute approximate surface area is 154 Å². The molecule has 27 heavy (non-hydrogen) atoms. The van der Waals surface area contributed by atoms with Crippen molar-refractivity contribution in [2.45, 2.75) is 18.9 Å². The Bertz CT molecular complexity index is 989. The van der Waals surface area contributed by atoms with E-state index in [0.29, 0.717) is 41.9 Å². The average molecular weight is 370 g/mol. The first kappa shape index (κ1) is 17.5. The highest BCUT2D eigenvalue weighted by Crippen LogP contribution is 2.37. The molecule has 2 aromatic carbocycles. The largest absolute Gasteiger partial charge is 0.382 e. The summed E-state index contributed by atoms with van der Waals surface area (Å²) in [7, 11) is 0. The zero-order chi connectivity index (χ0) is 19.0. The van der Waals surface area contributed by atoms with E-state index >= 15 is 4.39 Å². The zero-order valence-electron chi connectivity index (χ0n) is 14.3. The first-order valence-electron chi connectivity index (χ1n) is 8.61. The van der Waals surface area contributed by atoms with Gasteiger partial charge in [-0.15, -0.1) is 10.2 Å². The van der Waals surface area contributed by atoms with Crippen LogP contribution in [0.1, 0.15) is 29.0 Å². The molecule has 0 fully saturated rings. The zero-order valence-corrected chi connectivity index (χ0v) is 14.3. The van der Waals surface area contributed by atoms with Gasteiger partial charge in [0, 0.05) is 23.6 Å². The van der Waals surface area contributed by atoms with E-state index in [-0.39, 0.29) is 11.4 Å². The fourth-order valence-corrected chi connectivity index (χ4v) is 3.55. The van der Waals surface area contributed by atoms with E-state index in [1.54, 1.807) is 24.3 Å². The van der Waals surface area contributed by atoms with Crippen molar-refractivity contribution in [3.63, 3.8) is 0 Å². The second-order valence-electron chi connectivity index (χ2n) is 6.52. The van der Waals surface area contributed by atoms with E-state index in [2.05, 4.69) is 15.5 Å². The number of halogens is 3. The molecule has 1 aliphatic heterocycles. The van der Waals surface area contributed by atoms with E-state index in [1.165, 1.54) is 6.07 Å². The molecule has 1 aromatic heterocycles. The predicted octanol–water partition coefficient (Wildman–Crippen LogP) is 3.77. The van der Waals surface area contributed by atoms with E-state index < -0.39 is 23.4 Å². The van der Waals surface area contributed by atoms with Crippen molar-refractivity contribution in [1.82, 2.24) is 15.5 Å². The average Bonchev–Trinajstić information content (AvgIpc) is 2.88. The maximum atomic E-state index is 15.3. The van der Waals surface area contributed by atoms with Crippen molar-refractivity contribution >= 4 is 5.82 Å². The van der Waals surface area contributed by atoms with Crippen LogP contribution < -0.4 is 11.1 Å². The van der Waals surface area contributed by atoms with Gasteiger partial charge >= 0.3 is 0 Å². The van der Waals surface area contributed by atoms with E-state index in [4.69, 9.17) is 5.73 Å². The highest BCUT2D eigenvalue weighted by molar-refractivity contribution is 5.63. The second-order valence-corrected chi connectivity index (χ2v) is 6.52. The van der Waals surface area contributed by atoms with Crippen LogP contribution >= 0.6 is 0 Å². The van der Waals surface area contributed by atoms with Crippen LogP contribution in [0.3, 0.4) is 0 Å². The van der Waals surface area contributed by atoms with E-state index in [9.17, 15) is 8.78 Å². The molecule has 3 N–H and O–H groups in total. The number of nitrogens with two attached hydrogens (primary N) is 1. The Hall–Kier alpha value is -2.93. The third-order valence-electron chi connectivity index (χ3n) is 4.86. The fraction of sp³-hybridized carbons (Fsp3) is 0.200. The number of hydrogen-bond donors (Lipinski definition) is 2. The molecule has 0 radical (unpaired) electrons. The van der Waals surface area contributed by atoms with E-state index in [0.717, 1.165) is 12.1 Å². The first-order valence-corrected chi connectivity index (χ1v) is 8.61. The normalized spacial score (nSPS) is 16.6. The van der Waals surface area contributed by atoms with Gasteiger partial charge in [0.25, 0.3) is 0 Å². The summed E-state index contributed by atoms with van der Waals surface area (Å²) in [4.78, 5) is 0. The Morgan fingerprint density at radius 1 is 0.963 bits per heavy atom. The van der Waals surface area contributed by atoms with Crippen LogP contribution in [0.2, 0.25) is 0 Å². The minimum atomic E-state index is -0.514. The Morgan fingerprint density at radius 2 is 1.81 bits per heavy atom. The van der Waals surface area contributed by atoms with Gasteiger partial charge in [-0.1, -0.05) is 6.07 Å². The van der Waals surface area contributed by atoms with Gasteiger partial charge in [-0.3, -0.25) is 0 Å². The molecule has 0 bridgehead atoms. The summed E-state index contributed by atoms with van der Waals surface area (Å²) in [6.45, 7) is 0.858. The molecule has 0 aliphatic carbocycles. The lowest BCUT2D eigenvalue weighted by Crippen LogP contribution is -2.13. The number of anilines is 1. The first-order chi connectivity index (χ1) is 13.0. The minimum absolute atomic E-state index is 0.236. The summed E-state index contributed by atoms with van der Waals surface area (Å²) >= 11 is 0. The van der Waals surface area contributed by atoms with Gasteiger partial charge in [0.1, 0.15) is 23.3 Å². The lowest BCUT2D eigenvalue weighted by Gasteiger charge is -2.20. The lowest BCUT2D eigenvalue weighted by molar-refractivity contribution is 0.562. The number of rotatable bonds is 2. The van der Waals surface area contributed by atoms with Crippen LogP contribution in [0.5, 0.6) is 0 Å². The molecular weight excluding hydrogens is 353 g/mol. The molecule has 0 amide bonds. The number of benzene rings is 2. The SMILES string of the molecule is Nc1ccc(-c2ccc3c(c2F)CNCCC3c2cc(F)ccc2F)nn1. The van der Waals surface area contributed by atoms with Crippen molar-refractivity contribution < 1.29 is 13.2 Å². The predicted molar refractivity (Wildman–Crippen MR) is 96.4 cm³/mol. The number of hydrogen-bond acceptors (Lipinski definition) is 4. The highest BCUT2D eigenvalue weighted by Gasteiger charge is 2.26. The topological polar surface area (TPSA) is 63.8 Å². The molecule has 1 atom stereocenters. The van der Waals surface area contributed by atoms with Crippen molar-refractivity contribution in [3.8, 4) is 11.3 Å². The van der Waals surface area contributed by atoms with Gasteiger partial charge in [0.15, 0.2) is 0 Å². The second kappa shape index (κ2) is 7.00. The third kappa shape index (κ3) is 3.26. The Balaban J connectivity index is 1.84. The summed E-state index contributed by atoms with van der Waals surface area (Å²) in [5, 5.41) is 10.9. The van der Waals surface area contributed by atoms with Gasteiger partial charge in [-0.2, -0.15) is 0 Å². The molecular formula is C20H17F3N4. The molecule has 1 unspecified atom stereocenters. The summed E-state index contributed by atoms with van der Waals surface area (Å²) in [6, 6.07) is 9.89. The van der Waals surface area contributed by atoms with Crippen LogP contribution in [0, 0.1) is 17.5 Å². The minimum Gasteiger partial charge on any atom is -0.382 e. The maximum absolute atomic E-state index is 15.3. The van der Waals surface area contributed by atoms with E-state index in [1.807, 2.05) is 0 Å². The number of fused-ring (bicyclic) bond motifs is 1. The number of aromatic nitrogens is 2. The van der Waals surface area contributed by atoms with Crippen molar-refractivity contribution in [3.05, 3.63) is 76.6 Å². The van der Waals surface area contributed by atoms with Gasteiger partial charge in [-0.25, -0.2) is 13.2 Å². The molecule has 0 saturated heterocycles. The lowest BCUT2D eigenvalue weighted by atomic mass is 9.85. The standard InChI is InChI=1S/C20H17F3N4/c21-11-1-4-17(22)15(9-11)13-7-8-25-10-16-12(13)2-3-14(20(16)23)18-5-6-19(24)27-26-18/h1-6,9,13,25H,7-8,10H2,(H2,24,27). The van der Waals surface area contributed by atoms with Gasteiger partial charge < -0.3 is 11.1 Å². The molecule has 4 rings (SSSR count). The maximum Gasteiger partial charge on any atom is 0.146 e. The van der Waals surface area contributed by atoms with Gasteiger partial charge in [0.05, 0.1) is 5.69 Å². The molecule has 7 heteroatoms. The van der Waals surface area contributed by atoms with Crippen LogP contribution in [0.25, 0.3) is 11.3 Å². The van der Waals surface area contributed by atoms with Crippen molar-refractivity contribution in [2.24, 2.45) is 0 Å². The highest BCUT2D eigenvalue weighted by atomic mass is 19.1. The number of nitrogens with one attached hydrogen (secondary N) is 1. The molecule has 138 valence electrons. The molecule has 0 saturated carbocycles. The molecule has 1 aliphatic rings. The number of nitrogen functional groups attached to an aromatic ring is 1. The monoisotopic (exact) mass is 370 g/mol. The van der Waals surface area contributed by atoms with Crippen molar-refractivity contribution in [1.29, 1.82) is 0 Å². The van der Waals surface area contributed by atoms with Crippen LogP contribution in [0.4, 0.5) is 19.0 Å². The summed E-state index contributed by atoms with van der Waals surface area (Å²) in [5.41, 5.74) is 7.51. The molecule has 4 nitrogen and oxygen atoms in total. The smallest absolute Gasteiger partial charge is 0.146 e. The van der Waals surface area contributed by atoms with Crippen LogP contribution in [-0.2, 0) is 6.54 Å². The molecule has 2 heterocycles. The van der Waals surface area contributed by atoms with Crippen LogP contribution in [-0.4, -0.2) is 16.7 Å². The quantitative estimate of drug-likeness (QED) is 0.721. The Kier molecular flexibility index (Phi) is 4.53. The van der Waals surface area contributed by atoms with Gasteiger partial charge in [-0.05, 0) is 60.5 Å².